The number of rotatable bonds is 6. The van der Waals surface area contributed by atoms with Crippen molar-refractivity contribution in [3.05, 3.63) is 47.6 Å². The van der Waals surface area contributed by atoms with Gasteiger partial charge >= 0.3 is 0 Å². The maximum absolute atomic E-state index is 12.0. The lowest BCUT2D eigenvalue weighted by Gasteiger charge is -2.32. The molecule has 1 fully saturated rings. The van der Waals surface area contributed by atoms with E-state index in [1.807, 2.05) is 13.8 Å². The molecule has 0 saturated carbocycles. The van der Waals surface area contributed by atoms with Crippen molar-refractivity contribution < 1.29 is 14.3 Å². The highest BCUT2D eigenvalue weighted by Crippen LogP contribution is 2.33. The van der Waals surface area contributed by atoms with Crippen LogP contribution in [0.4, 0.5) is 0 Å². The summed E-state index contributed by atoms with van der Waals surface area (Å²) in [6, 6.07) is 5.23. The van der Waals surface area contributed by atoms with Crippen molar-refractivity contribution in [1.82, 2.24) is 14.7 Å². The third-order valence-corrected chi connectivity index (χ3v) is 5.12. The van der Waals surface area contributed by atoms with Gasteiger partial charge in [-0.3, -0.25) is 14.3 Å². The molecule has 1 atom stereocenters. The van der Waals surface area contributed by atoms with Gasteiger partial charge < -0.3 is 15.4 Å². The second-order valence-electron chi connectivity index (χ2n) is 7.33. The summed E-state index contributed by atoms with van der Waals surface area (Å²) < 4.78 is 7.39. The summed E-state index contributed by atoms with van der Waals surface area (Å²) in [4.78, 5) is 25.7. The number of hydrogen-bond donors (Lipinski definition) is 1. The molecule has 2 N–H and O–H groups in total. The molecule has 29 heavy (non-hydrogen) atoms. The maximum atomic E-state index is 12.0. The fourth-order valence-electron chi connectivity index (χ4n) is 3.47. The predicted octanol–water partition coefficient (Wildman–Crippen LogP) is 3.44. The van der Waals surface area contributed by atoms with Gasteiger partial charge in [0.2, 0.25) is 5.91 Å². The summed E-state index contributed by atoms with van der Waals surface area (Å²) in [5, 5.41) is 5.06. The second kappa shape index (κ2) is 8.69. The molecular formula is C21H25ClN4O3. The number of hydrogen-bond acceptors (Lipinski definition) is 4. The molecular weight excluding hydrogens is 392 g/mol. The van der Waals surface area contributed by atoms with Gasteiger partial charge in [-0.2, -0.15) is 5.10 Å². The Morgan fingerprint density at radius 1 is 1.41 bits per heavy atom. The highest BCUT2D eigenvalue weighted by Gasteiger charge is 2.26. The minimum atomic E-state index is -0.570. The molecule has 1 aromatic heterocycles. The molecule has 1 aromatic carbocycles. The number of aromatic nitrogens is 2. The normalized spacial score (nSPS) is 16.7. The van der Waals surface area contributed by atoms with E-state index in [0.29, 0.717) is 40.7 Å². The number of piperidine rings is 1. The molecule has 1 aliphatic rings. The molecule has 1 aliphatic heterocycles. The molecule has 2 amide bonds. The Labute approximate surface area is 175 Å². The van der Waals surface area contributed by atoms with Gasteiger partial charge in [0.1, 0.15) is 11.4 Å². The van der Waals surface area contributed by atoms with Gasteiger partial charge in [0.15, 0.2) is 0 Å². The molecule has 1 unspecified atom stereocenters. The molecule has 2 aromatic rings. The third kappa shape index (κ3) is 4.62. The molecule has 3 rings (SSSR count). The highest BCUT2D eigenvalue weighted by atomic mass is 35.5. The molecule has 2 heterocycles. The molecule has 8 heteroatoms. The van der Waals surface area contributed by atoms with Gasteiger partial charge in [-0.15, -0.1) is 0 Å². The molecule has 0 radical (unpaired) electrons. The van der Waals surface area contributed by atoms with Crippen molar-refractivity contribution >= 4 is 23.4 Å². The summed E-state index contributed by atoms with van der Waals surface area (Å²) in [7, 11) is 0. The van der Waals surface area contributed by atoms with Gasteiger partial charge in [0, 0.05) is 24.8 Å². The summed E-state index contributed by atoms with van der Waals surface area (Å²) in [5.41, 5.74) is 7.04. The van der Waals surface area contributed by atoms with E-state index in [-0.39, 0.29) is 18.1 Å². The van der Waals surface area contributed by atoms with Crippen LogP contribution in [0.3, 0.4) is 0 Å². The molecule has 154 valence electrons. The van der Waals surface area contributed by atoms with E-state index in [1.165, 1.54) is 6.08 Å². The number of nitrogens with two attached hydrogens (primary N) is 1. The highest BCUT2D eigenvalue weighted by molar-refractivity contribution is 6.32. The van der Waals surface area contributed by atoms with Gasteiger partial charge in [-0.1, -0.05) is 18.2 Å². The average molecular weight is 417 g/mol. The van der Waals surface area contributed by atoms with E-state index in [9.17, 15) is 9.59 Å². The summed E-state index contributed by atoms with van der Waals surface area (Å²) >= 11 is 6.35. The molecule has 0 spiro atoms. The summed E-state index contributed by atoms with van der Waals surface area (Å²) in [6.07, 6.45) is 4.65. The first-order valence-corrected chi connectivity index (χ1v) is 9.94. The van der Waals surface area contributed by atoms with Crippen LogP contribution >= 0.6 is 11.6 Å². The van der Waals surface area contributed by atoms with Crippen LogP contribution in [-0.2, 0) is 4.79 Å². The first-order valence-electron chi connectivity index (χ1n) is 9.57. The lowest BCUT2D eigenvalue weighted by Crippen LogP contribution is -2.40. The number of primary amides is 1. The first-order chi connectivity index (χ1) is 13.8. The predicted molar refractivity (Wildman–Crippen MR) is 112 cm³/mol. The fourth-order valence-corrected chi connectivity index (χ4v) is 3.69. The maximum Gasteiger partial charge on any atom is 0.252 e. The number of carbonyl (C=O) groups is 2. The minimum absolute atomic E-state index is 0.00809. The van der Waals surface area contributed by atoms with Crippen molar-refractivity contribution in [2.24, 2.45) is 5.73 Å². The zero-order valence-electron chi connectivity index (χ0n) is 16.6. The van der Waals surface area contributed by atoms with Crippen LogP contribution in [0.15, 0.2) is 37.1 Å². The average Bonchev–Trinajstić information content (AvgIpc) is 3.14. The van der Waals surface area contributed by atoms with Crippen molar-refractivity contribution in [3.63, 3.8) is 0 Å². The van der Waals surface area contributed by atoms with Crippen LogP contribution in [0.1, 0.15) is 43.1 Å². The molecule has 0 bridgehead atoms. The zero-order valence-corrected chi connectivity index (χ0v) is 17.4. The SMILES string of the molecule is C=CC(=O)N1CCCC(n2cc(C(N)=O)c(-c3ccc(OC(C)C)c(Cl)c3)n2)C1. The number of halogens is 1. The quantitative estimate of drug-likeness (QED) is 0.730. The molecule has 7 nitrogen and oxygen atoms in total. The topological polar surface area (TPSA) is 90.5 Å². The second-order valence-corrected chi connectivity index (χ2v) is 7.74. The van der Waals surface area contributed by atoms with Crippen LogP contribution in [0.25, 0.3) is 11.3 Å². The third-order valence-electron chi connectivity index (χ3n) is 4.82. The summed E-state index contributed by atoms with van der Waals surface area (Å²) in [5.74, 6) is -0.110. The first kappa shape index (κ1) is 20.9. The van der Waals surface area contributed by atoms with Crippen LogP contribution in [0, 0.1) is 0 Å². The van der Waals surface area contributed by atoms with Crippen LogP contribution in [0.2, 0.25) is 5.02 Å². The van der Waals surface area contributed by atoms with E-state index in [4.69, 9.17) is 22.1 Å². The van der Waals surface area contributed by atoms with Crippen LogP contribution in [0.5, 0.6) is 5.75 Å². The Kier molecular flexibility index (Phi) is 6.27. The van der Waals surface area contributed by atoms with E-state index in [1.54, 1.807) is 34.0 Å². The Morgan fingerprint density at radius 2 is 2.17 bits per heavy atom. The van der Waals surface area contributed by atoms with Gasteiger partial charge in [0.05, 0.1) is 22.7 Å². The van der Waals surface area contributed by atoms with Gasteiger partial charge in [0.25, 0.3) is 5.91 Å². The van der Waals surface area contributed by atoms with E-state index in [0.717, 1.165) is 12.8 Å². The smallest absolute Gasteiger partial charge is 0.252 e. The standard InChI is InChI=1S/C21H25ClN4O3/c1-4-19(27)25-9-5-6-15(11-25)26-12-16(21(23)28)20(24-26)14-7-8-18(17(22)10-14)29-13(2)3/h4,7-8,10,12-13,15H,1,5-6,9,11H2,2-3H3,(H2,23,28). The number of benzene rings is 1. The van der Waals surface area contributed by atoms with Crippen LogP contribution in [-0.4, -0.2) is 45.7 Å². The lowest BCUT2D eigenvalue weighted by molar-refractivity contribution is -0.127. The number of nitrogens with zero attached hydrogens (tertiary/aromatic N) is 3. The number of carbonyl (C=O) groups excluding carboxylic acids is 2. The lowest BCUT2D eigenvalue weighted by atomic mass is 10.1. The van der Waals surface area contributed by atoms with Crippen LogP contribution < -0.4 is 10.5 Å². The Bertz CT molecular complexity index is 938. The van der Waals surface area contributed by atoms with E-state index >= 15 is 0 Å². The van der Waals surface area contributed by atoms with E-state index in [2.05, 4.69) is 11.7 Å². The minimum Gasteiger partial charge on any atom is -0.489 e. The van der Waals surface area contributed by atoms with Crippen molar-refractivity contribution in [2.45, 2.75) is 38.8 Å². The summed E-state index contributed by atoms with van der Waals surface area (Å²) in [6.45, 7) is 8.58. The zero-order chi connectivity index (χ0) is 21.1. The van der Waals surface area contributed by atoms with E-state index < -0.39 is 5.91 Å². The Balaban J connectivity index is 1.93. The van der Waals surface area contributed by atoms with Gasteiger partial charge in [-0.05, 0) is 51.0 Å². The fraction of sp³-hybridized carbons (Fsp3) is 0.381. The number of amides is 2. The van der Waals surface area contributed by atoms with Crippen molar-refractivity contribution in [2.75, 3.05) is 13.1 Å². The largest absolute Gasteiger partial charge is 0.489 e. The van der Waals surface area contributed by atoms with Gasteiger partial charge in [-0.25, -0.2) is 0 Å². The number of ether oxygens (including phenoxy) is 1. The van der Waals surface area contributed by atoms with Crippen molar-refractivity contribution in [1.29, 1.82) is 0 Å². The molecule has 0 aliphatic carbocycles. The monoisotopic (exact) mass is 416 g/mol. The molecule has 1 saturated heterocycles. The Morgan fingerprint density at radius 3 is 2.79 bits per heavy atom. The Hall–Kier alpha value is -2.80. The number of likely N-dealkylation sites (tertiary alicyclic amines) is 1. The van der Waals surface area contributed by atoms with Crippen molar-refractivity contribution in [3.8, 4) is 17.0 Å².